The van der Waals surface area contributed by atoms with Crippen LogP contribution in [0.2, 0.25) is 0 Å². The Kier molecular flexibility index (Phi) is 3.23. The molecule has 0 heterocycles. The van der Waals surface area contributed by atoms with E-state index in [0.717, 1.165) is 0 Å². The Bertz CT molecular complexity index is 83.8. The molecule has 0 saturated carbocycles. The normalized spacial score (nSPS) is 13.4. The quantitative estimate of drug-likeness (QED) is 0.440. The van der Waals surface area contributed by atoms with Crippen LogP contribution in [-0.4, -0.2) is 28.5 Å². The molecule has 0 atom stereocenters. The number of rotatable bonds is 2. The lowest BCUT2D eigenvalue weighted by atomic mass is 10.3. The van der Waals surface area contributed by atoms with Crippen LogP contribution in [0.15, 0.2) is 11.3 Å². The molecule has 48 valence electrons. The summed E-state index contributed by atoms with van der Waals surface area (Å²) >= 11 is 0. The second-order valence-electron chi connectivity index (χ2n) is 1.54. The summed E-state index contributed by atoms with van der Waals surface area (Å²) in [6.07, 6.45) is 0. The topological polar surface area (TPSA) is 60.7 Å². The van der Waals surface area contributed by atoms with Crippen LogP contribution < -0.4 is 0 Å². The van der Waals surface area contributed by atoms with Crippen LogP contribution in [0.5, 0.6) is 0 Å². The molecule has 0 aromatic heterocycles. The Hall–Kier alpha value is -0.540. The molecule has 0 aliphatic carbocycles. The molecule has 0 aliphatic heterocycles. The van der Waals surface area contributed by atoms with E-state index in [9.17, 15) is 0 Å². The van der Waals surface area contributed by atoms with Crippen molar-refractivity contribution in [3.05, 3.63) is 11.3 Å². The number of aliphatic hydroxyl groups is 3. The van der Waals surface area contributed by atoms with Crippen LogP contribution in [0.1, 0.15) is 6.92 Å². The highest BCUT2D eigenvalue weighted by atomic mass is 16.3. The highest BCUT2D eigenvalue weighted by Crippen LogP contribution is 1.95. The molecule has 3 heteroatoms. The van der Waals surface area contributed by atoms with Crippen molar-refractivity contribution in [2.24, 2.45) is 0 Å². The standard InChI is InChI=1S/C5H10O3/c1-4(2-6)5(8)3-7/h6-8H,2-3H2,1H3. The largest absolute Gasteiger partial charge is 0.510 e. The average molecular weight is 118 g/mol. The molecule has 0 amide bonds. The van der Waals surface area contributed by atoms with Crippen molar-refractivity contribution in [2.75, 3.05) is 13.2 Å². The fraction of sp³-hybridized carbons (Fsp3) is 0.600. The molecular formula is C5H10O3. The lowest BCUT2D eigenvalue weighted by Gasteiger charge is -1.96. The van der Waals surface area contributed by atoms with E-state index >= 15 is 0 Å². The summed E-state index contributed by atoms with van der Waals surface area (Å²) in [6, 6.07) is 0. The van der Waals surface area contributed by atoms with Crippen LogP contribution in [0.3, 0.4) is 0 Å². The van der Waals surface area contributed by atoms with E-state index in [4.69, 9.17) is 15.3 Å². The van der Waals surface area contributed by atoms with Gasteiger partial charge in [0.1, 0.15) is 12.4 Å². The van der Waals surface area contributed by atoms with Crippen molar-refractivity contribution in [3.8, 4) is 0 Å². The highest BCUT2D eigenvalue weighted by Gasteiger charge is 1.93. The average Bonchev–Trinajstić information content (AvgIpc) is 1.84. The van der Waals surface area contributed by atoms with Crippen molar-refractivity contribution < 1.29 is 15.3 Å². The fourth-order valence-electron chi connectivity index (χ4n) is 0.226. The SMILES string of the molecule is CC(CO)=C(O)CO. The third-order valence-corrected chi connectivity index (χ3v) is 0.880. The lowest BCUT2D eigenvalue weighted by Crippen LogP contribution is -1.96. The second kappa shape index (κ2) is 3.46. The Morgan fingerprint density at radius 1 is 1.25 bits per heavy atom. The van der Waals surface area contributed by atoms with E-state index in [0.29, 0.717) is 5.57 Å². The molecule has 0 fully saturated rings. The number of hydrogen-bond acceptors (Lipinski definition) is 3. The maximum atomic E-state index is 8.60. The minimum atomic E-state index is -0.396. The van der Waals surface area contributed by atoms with Crippen LogP contribution in [0, 0.1) is 0 Å². The van der Waals surface area contributed by atoms with E-state index in [1.54, 1.807) is 6.92 Å². The van der Waals surface area contributed by atoms with Gasteiger partial charge in [-0.1, -0.05) is 0 Å². The Morgan fingerprint density at radius 3 is 1.88 bits per heavy atom. The molecule has 0 aliphatic rings. The first-order valence-electron chi connectivity index (χ1n) is 2.31. The molecule has 0 bridgehead atoms. The van der Waals surface area contributed by atoms with Gasteiger partial charge in [0.15, 0.2) is 0 Å². The molecule has 0 unspecified atom stereocenters. The van der Waals surface area contributed by atoms with Crippen molar-refractivity contribution in [1.82, 2.24) is 0 Å². The maximum absolute atomic E-state index is 8.60. The minimum absolute atomic E-state index is 0.146. The van der Waals surface area contributed by atoms with Crippen LogP contribution in [0.25, 0.3) is 0 Å². The Morgan fingerprint density at radius 2 is 1.75 bits per heavy atom. The van der Waals surface area contributed by atoms with Crippen molar-refractivity contribution in [3.63, 3.8) is 0 Å². The van der Waals surface area contributed by atoms with Crippen LogP contribution in [0.4, 0.5) is 0 Å². The first kappa shape index (κ1) is 7.46. The van der Waals surface area contributed by atoms with E-state index in [2.05, 4.69) is 0 Å². The van der Waals surface area contributed by atoms with Gasteiger partial charge >= 0.3 is 0 Å². The molecule has 0 aromatic rings. The van der Waals surface area contributed by atoms with Gasteiger partial charge in [0, 0.05) is 0 Å². The fourth-order valence-corrected chi connectivity index (χ4v) is 0.226. The van der Waals surface area contributed by atoms with Gasteiger partial charge in [-0.3, -0.25) is 0 Å². The number of aliphatic hydroxyl groups excluding tert-OH is 3. The molecule has 0 spiro atoms. The molecule has 0 saturated heterocycles. The summed E-state index contributed by atoms with van der Waals surface area (Å²) < 4.78 is 0. The van der Waals surface area contributed by atoms with E-state index in [1.165, 1.54) is 0 Å². The van der Waals surface area contributed by atoms with E-state index < -0.39 is 6.61 Å². The van der Waals surface area contributed by atoms with Crippen molar-refractivity contribution in [1.29, 1.82) is 0 Å². The predicted molar refractivity (Wildman–Crippen MR) is 29.5 cm³/mol. The van der Waals surface area contributed by atoms with Gasteiger partial charge < -0.3 is 15.3 Å². The molecule has 0 radical (unpaired) electrons. The van der Waals surface area contributed by atoms with Crippen molar-refractivity contribution in [2.45, 2.75) is 6.92 Å². The van der Waals surface area contributed by atoms with Gasteiger partial charge in [-0.2, -0.15) is 0 Å². The number of hydrogen-bond donors (Lipinski definition) is 3. The third-order valence-electron chi connectivity index (χ3n) is 0.880. The third kappa shape index (κ3) is 1.95. The van der Waals surface area contributed by atoms with E-state index in [-0.39, 0.29) is 12.4 Å². The zero-order valence-electron chi connectivity index (χ0n) is 4.76. The zero-order chi connectivity index (χ0) is 6.57. The zero-order valence-corrected chi connectivity index (χ0v) is 4.76. The van der Waals surface area contributed by atoms with Gasteiger partial charge in [-0.15, -0.1) is 0 Å². The maximum Gasteiger partial charge on any atom is 0.119 e. The van der Waals surface area contributed by atoms with Crippen LogP contribution in [-0.2, 0) is 0 Å². The molecule has 3 nitrogen and oxygen atoms in total. The van der Waals surface area contributed by atoms with Gasteiger partial charge in [0.05, 0.1) is 6.61 Å². The van der Waals surface area contributed by atoms with Gasteiger partial charge in [0.25, 0.3) is 0 Å². The molecule has 0 rings (SSSR count). The second-order valence-corrected chi connectivity index (χ2v) is 1.54. The van der Waals surface area contributed by atoms with Crippen molar-refractivity contribution >= 4 is 0 Å². The predicted octanol–water partition coefficient (Wildman–Crippen LogP) is -0.197. The smallest absolute Gasteiger partial charge is 0.119 e. The first-order chi connectivity index (χ1) is 3.72. The van der Waals surface area contributed by atoms with Crippen LogP contribution >= 0.6 is 0 Å². The molecule has 0 aromatic carbocycles. The van der Waals surface area contributed by atoms with Gasteiger partial charge in [0.2, 0.25) is 0 Å². The van der Waals surface area contributed by atoms with Gasteiger partial charge in [-0.25, -0.2) is 0 Å². The summed E-state index contributed by atoms with van der Waals surface area (Å²) in [5.74, 6) is -0.146. The first-order valence-corrected chi connectivity index (χ1v) is 2.31. The summed E-state index contributed by atoms with van der Waals surface area (Å²) in [5.41, 5.74) is 0.410. The summed E-state index contributed by atoms with van der Waals surface area (Å²) in [7, 11) is 0. The molecule has 3 N–H and O–H groups in total. The summed E-state index contributed by atoms with van der Waals surface area (Å²) in [5, 5.41) is 25.1. The minimum Gasteiger partial charge on any atom is -0.510 e. The highest BCUT2D eigenvalue weighted by molar-refractivity contribution is 5.03. The summed E-state index contributed by atoms with van der Waals surface area (Å²) in [4.78, 5) is 0. The Balaban J connectivity index is 3.83. The molecule has 8 heavy (non-hydrogen) atoms. The summed E-state index contributed by atoms with van der Waals surface area (Å²) in [6.45, 7) is 0.949. The lowest BCUT2D eigenvalue weighted by molar-refractivity contribution is 0.240. The Labute approximate surface area is 47.9 Å². The van der Waals surface area contributed by atoms with E-state index in [1.807, 2.05) is 0 Å². The van der Waals surface area contributed by atoms with Gasteiger partial charge in [-0.05, 0) is 12.5 Å². The monoisotopic (exact) mass is 118 g/mol. The molecular weight excluding hydrogens is 108 g/mol.